The summed E-state index contributed by atoms with van der Waals surface area (Å²) in [6, 6.07) is 12.0. The number of benzene rings is 2. The van der Waals surface area contributed by atoms with Crippen LogP contribution in [0.5, 0.6) is 11.5 Å². The van der Waals surface area contributed by atoms with E-state index in [2.05, 4.69) is 24.0 Å². The summed E-state index contributed by atoms with van der Waals surface area (Å²) >= 11 is 1.34. The Kier molecular flexibility index (Phi) is 5.36. The lowest BCUT2D eigenvalue weighted by atomic mass is 9.95. The molecule has 0 unspecified atom stereocenters. The molecule has 0 aliphatic heterocycles. The van der Waals surface area contributed by atoms with Crippen LogP contribution in [0.1, 0.15) is 17.3 Å². The van der Waals surface area contributed by atoms with Crippen LogP contribution in [0.15, 0.2) is 78.4 Å². The number of carbonyl (C=O) groups excluding carboxylic acids is 1. The van der Waals surface area contributed by atoms with Gasteiger partial charge in [-0.3, -0.25) is 4.79 Å². The van der Waals surface area contributed by atoms with Gasteiger partial charge in [0, 0.05) is 26.1 Å². The fourth-order valence-electron chi connectivity index (χ4n) is 3.33. The number of Topliss-reactive ketones (excluding diaryl/α,β-unsaturated/α-hetero) is 1. The third kappa shape index (κ3) is 3.89. The maximum Gasteiger partial charge on any atom is 0.280 e. The molecule has 0 fully saturated rings. The number of carbonyl (C=O) groups is 1. The van der Waals surface area contributed by atoms with Crippen molar-refractivity contribution in [1.82, 2.24) is 0 Å². The molecule has 4 rings (SSSR count). The van der Waals surface area contributed by atoms with Crippen LogP contribution >= 0.6 is 11.3 Å². The molecule has 0 radical (unpaired) electrons. The molecule has 29 heavy (non-hydrogen) atoms. The standard InChI is InChI=1S/C24H19IO3S/c1-24(25-2)12-4-3-5-16(14-24)22(28)21-19-11-10-18(27)13-20(19)29-23(21)15-6-8-17(26)9-7-15/h3-14H,1-2H3,(H-,26,27,28)/p+1/t24-/m0/s1. The van der Waals surface area contributed by atoms with Gasteiger partial charge >= 0.3 is 0 Å². The van der Waals surface area contributed by atoms with Crippen molar-refractivity contribution in [2.24, 2.45) is 0 Å². The first-order valence-electron chi connectivity index (χ1n) is 9.09. The summed E-state index contributed by atoms with van der Waals surface area (Å²) in [7, 11) is 0. The van der Waals surface area contributed by atoms with Crippen molar-refractivity contribution >= 4 is 27.2 Å². The first kappa shape index (κ1) is 19.9. The number of hydrogen-bond acceptors (Lipinski definition) is 4. The maximum atomic E-state index is 13.7. The van der Waals surface area contributed by atoms with E-state index >= 15 is 0 Å². The Morgan fingerprint density at radius 1 is 1.03 bits per heavy atom. The molecule has 1 heterocycles. The number of halogens is 1. The molecule has 2 aromatic carbocycles. The van der Waals surface area contributed by atoms with Crippen molar-refractivity contribution < 1.29 is 36.2 Å². The quantitative estimate of drug-likeness (QED) is 0.319. The van der Waals surface area contributed by atoms with Gasteiger partial charge < -0.3 is 10.2 Å². The van der Waals surface area contributed by atoms with Gasteiger partial charge in [-0.05, 0) is 67.1 Å². The van der Waals surface area contributed by atoms with Gasteiger partial charge in [-0.25, -0.2) is 0 Å². The molecule has 2 N–H and O–H groups in total. The van der Waals surface area contributed by atoms with E-state index in [0.29, 0.717) is 11.1 Å². The fourth-order valence-corrected chi connectivity index (χ4v) is 5.79. The molecule has 1 aliphatic rings. The molecule has 0 bridgehead atoms. The zero-order valence-electron chi connectivity index (χ0n) is 16.0. The summed E-state index contributed by atoms with van der Waals surface area (Å²) < 4.78 is 0.786. The van der Waals surface area contributed by atoms with Gasteiger partial charge in [0.05, 0.1) is 0 Å². The van der Waals surface area contributed by atoms with Crippen molar-refractivity contribution in [3.8, 4) is 21.9 Å². The van der Waals surface area contributed by atoms with E-state index < -0.39 is 0 Å². The number of hydrogen-bond donors (Lipinski definition) is 2. The highest BCUT2D eigenvalue weighted by molar-refractivity contribution is 7.22. The van der Waals surface area contributed by atoms with Gasteiger partial charge in [0.25, 0.3) is 21.2 Å². The molecule has 1 aliphatic carbocycles. The number of thiophene rings is 1. The number of alkyl halides is 2. The second kappa shape index (κ2) is 7.80. The Morgan fingerprint density at radius 3 is 2.48 bits per heavy atom. The molecule has 3 aromatic rings. The smallest absolute Gasteiger partial charge is 0.280 e. The highest BCUT2D eigenvalue weighted by atomic mass is 127. The predicted octanol–water partition coefficient (Wildman–Crippen LogP) is 2.69. The zero-order valence-corrected chi connectivity index (χ0v) is 19.0. The van der Waals surface area contributed by atoms with Gasteiger partial charge in [-0.15, -0.1) is 11.3 Å². The monoisotopic (exact) mass is 515 g/mol. The SMILES string of the molecule is C[I+][C@@]1(C)C=CC=CC(C(=O)c2c(-c3ccc(O)cc3)sc3cc(O)ccc23)=C1. The Morgan fingerprint density at radius 2 is 1.76 bits per heavy atom. The summed E-state index contributed by atoms with van der Waals surface area (Å²) in [6.45, 7) is 2.17. The number of rotatable bonds is 4. The topological polar surface area (TPSA) is 57.5 Å². The molecule has 146 valence electrons. The second-order valence-corrected chi connectivity index (χ2v) is 11.5. The normalized spacial score (nSPS) is 18.6. The number of fused-ring (bicyclic) bond motifs is 1. The number of phenols is 2. The molecule has 3 nitrogen and oxygen atoms in total. The average molecular weight is 515 g/mol. The Labute approximate surface area is 184 Å². The molecule has 0 saturated heterocycles. The summed E-state index contributed by atoms with van der Waals surface area (Å²) in [6.07, 6.45) is 10.1. The Hall–Kier alpha value is -2.38. The van der Waals surface area contributed by atoms with Crippen LogP contribution in [0.2, 0.25) is 0 Å². The van der Waals surface area contributed by atoms with Gasteiger partial charge in [-0.2, -0.15) is 0 Å². The van der Waals surface area contributed by atoms with Crippen molar-refractivity contribution in [3.63, 3.8) is 0 Å². The molecule has 0 spiro atoms. The first-order chi connectivity index (χ1) is 13.9. The number of allylic oxidation sites excluding steroid dienone is 6. The summed E-state index contributed by atoms with van der Waals surface area (Å²) in [5.74, 6) is 0.341. The molecule has 1 atom stereocenters. The van der Waals surface area contributed by atoms with E-state index in [1.54, 1.807) is 24.3 Å². The predicted molar refractivity (Wildman–Crippen MR) is 116 cm³/mol. The minimum Gasteiger partial charge on any atom is -0.508 e. The third-order valence-corrected chi connectivity index (χ3v) is 9.14. The highest BCUT2D eigenvalue weighted by Gasteiger charge is 2.33. The van der Waals surface area contributed by atoms with Crippen molar-refractivity contribution in [3.05, 3.63) is 84.0 Å². The van der Waals surface area contributed by atoms with Crippen LogP contribution in [0, 0.1) is 0 Å². The lowest BCUT2D eigenvalue weighted by molar-refractivity contribution is -0.676. The minimum absolute atomic E-state index is 0.0198. The van der Waals surface area contributed by atoms with Crippen LogP contribution < -0.4 is 21.2 Å². The van der Waals surface area contributed by atoms with Gasteiger partial charge in [-0.1, -0.05) is 18.2 Å². The van der Waals surface area contributed by atoms with E-state index in [1.165, 1.54) is 11.3 Å². The molecule has 1 aromatic heterocycles. The van der Waals surface area contributed by atoms with E-state index in [1.807, 2.05) is 36.4 Å². The van der Waals surface area contributed by atoms with Gasteiger partial charge in [0.2, 0.25) is 0 Å². The van der Waals surface area contributed by atoms with Crippen LogP contribution in [-0.2, 0) is 0 Å². The van der Waals surface area contributed by atoms with E-state index in [4.69, 9.17) is 0 Å². The second-order valence-electron chi connectivity index (χ2n) is 7.02. The molecular formula is C24H20IO3S+. The van der Waals surface area contributed by atoms with Crippen LogP contribution in [0.4, 0.5) is 0 Å². The lowest BCUT2D eigenvalue weighted by Gasteiger charge is -2.09. The van der Waals surface area contributed by atoms with Crippen molar-refractivity contribution in [2.45, 2.75) is 10.3 Å². The molecular weight excluding hydrogens is 495 g/mol. The largest absolute Gasteiger partial charge is 0.508 e. The average Bonchev–Trinajstić information content (AvgIpc) is 2.96. The minimum atomic E-state index is -0.136. The van der Waals surface area contributed by atoms with Crippen molar-refractivity contribution in [1.29, 1.82) is 0 Å². The summed E-state index contributed by atoms with van der Waals surface area (Å²) in [5, 5.41) is 20.4. The summed E-state index contributed by atoms with van der Waals surface area (Å²) in [4.78, 5) is 16.8. The van der Waals surface area contributed by atoms with E-state index in [9.17, 15) is 15.0 Å². The Balaban J connectivity index is 1.93. The zero-order chi connectivity index (χ0) is 20.6. The third-order valence-electron chi connectivity index (χ3n) is 4.95. The van der Waals surface area contributed by atoms with Crippen LogP contribution in [-0.4, -0.2) is 24.3 Å². The number of ketones is 1. The highest BCUT2D eigenvalue weighted by Crippen LogP contribution is 2.41. The Bertz CT molecular complexity index is 1180. The summed E-state index contributed by atoms with van der Waals surface area (Å²) in [5.41, 5.74) is 2.20. The van der Waals surface area contributed by atoms with Gasteiger partial charge in [0.15, 0.2) is 9.20 Å². The fraction of sp³-hybridized carbons (Fsp3) is 0.125. The number of phenolic OH excluding ortho intramolecular Hbond substituents is 2. The van der Waals surface area contributed by atoms with Gasteiger partial charge in [0.1, 0.15) is 16.4 Å². The van der Waals surface area contributed by atoms with E-state index in [0.717, 1.165) is 20.5 Å². The van der Waals surface area contributed by atoms with Crippen molar-refractivity contribution in [2.75, 3.05) is 4.93 Å². The van der Waals surface area contributed by atoms with Crippen LogP contribution in [0.3, 0.4) is 0 Å². The maximum absolute atomic E-state index is 13.7. The first-order valence-corrected chi connectivity index (χ1v) is 13.1. The van der Waals surface area contributed by atoms with Crippen LogP contribution in [0.25, 0.3) is 20.5 Å². The lowest BCUT2D eigenvalue weighted by Crippen LogP contribution is -3.66. The number of aromatic hydroxyl groups is 2. The van der Waals surface area contributed by atoms with E-state index in [-0.39, 0.29) is 41.9 Å². The molecule has 5 heteroatoms. The molecule has 0 saturated carbocycles. The molecule has 0 amide bonds.